The molecule has 0 radical (unpaired) electrons. The van der Waals surface area contributed by atoms with Gasteiger partial charge in [0.1, 0.15) is 21.5 Å². The SMILES string of the molecule is CC(C)c1nnc(-c2ccc(Oc3cc(C(=O)NC4CN(C5CCCC5)C4)ccc3CN3CCCC3=O)cc2)s1. The lowest BCUT2D eigenvalue weighted by molar-refractivity contribution is -0.128. The monoisotopic (exact) mass is 559 g/mol. The summed E-state index contributed by atoms with van der Waals surface area (Å²) in [6, 6.07) is 14.2. The number of hydrogen-bond donors (Lipinski definition) is 1. The second kappa shape index (κ2) is 11.7. The highest BCUT2D eigenvalue weighted by atomic mass is 32.1. The Balaban J connectivity index is 1.17. The maximum Gasteiger partial charge on any atom is 0.251 e. The first-order valence-electron chi connectivity index (χ1n) is 14.5. The average Bonchev–Trinajstić information content (AvgIpc) is 3.70. The number of amides is 2. The summed E-state index contributed by atoms with van der Waals surface area (Å²) >= 11 is 1.60. The van der Waals surface area contributed by atoms with Crippen LogP contribution in [0.1, 0.15) is 79.2 Å². The van der Waals surface area contributed by atoms with Gasteiger partial charge in [-0.1, -0.05) is 44.1 Å². The first kappa shape index (κ1) is 26.9. The number of nitrogens with zero attached hydrogens (tertiary/aromatic N) is 4. The van der Waals surface area contributed by atoms with Gasteiger partial charge in [-0.15, -0.1) is 10.2 Å². The Morgan fingerprint density at radius 3 is 2.52 bits per heavy atom. The van der Waals surface area contributed by atoms with E-state index in [-0.39, 0.29) is 17.9 Å². The third-order valence-electron chi connectivity index (χ3n) is 8.21. The Morgan fingerprint density at radius 1 is 1.07 bits per heavy atom. The van der Waals surface area contributed by atoms with Crippen molar-refractivity contribution in [3.05, 3.63) is 58.6 Å². The van der Waals surface area contributed by atoms with Crippen LogP contribution in [0.15, 0.2) is 42.5 Å². The predicted molar refractivity (Wildman–Crippen MR) is 156 cm³/mol. The number of ether oxygens (including phenoxy) is 1. The van der Waals surface area contributed by atoms with E-state index in [0.717, 1.165) is 47.2 Å². The normalized spacial score (nSPS) is 18.5. The van der Waals surface area contributed by atoms with Gasteiger partial charge in [0.05, 0.1) is 6.04 Å². The topological polar surface area (TPSA) is 87.7 Å². The Kier molecular flexibility index (Phi) is 7.85. The third-order valence-corrected chi connectivity index (χ3v) is 9.48. The van der Waals surface area contributed by atoms with Crippen molar-refractivity contribution in [3.63, 3.8) is 0 Å². The maximum absolute atomic E-state index is 13.2. The van der Waals surface area contributed by atoms with Crippen LogP contribution in [0, 0.1) is 0 Å². The van der Waals surface area contributed by atoms with E-state index in [9.17, 15) is 9.59 Å². The van der Waals surface area contributed by atoms with E-state index in [2.05, 4.69) is 34.3 Å². The van der Waals surface area contributed by atoms with Crippen molar-refractivity contribution in [1.82, 2.24) is 25.3 Å². The van der Waals surface area contributed by atoms with Crippen LogP contribution in [0.2, 0.25) is 0 Å². The first-order chi connectivity index (χ1) is 19.4. The van der Waals surface area contributed by atoms with Crippen LogP contribution in [0.25, 0.3) is 10.6 Å². The van der Waals surface area contributed by atoms with Crippen LogP contribution in [0.4, 0.5) is 0 Å². The molecule has 8 nitrogen and oxygen atoms in total. The minimum atomic E-state index is -0.0858. The van der Waals surface area contributed by atoms with Gasteiger partial charge in [0.25, 0.3) is 5.91 Å². The standard InChI is InChI=1S/C31H37N5O3S/c1-20(2)30-33-34-31(40-30)21-11-13-26(14-12-21)39-27-16-22(9-10-23(27)17-35-15-5-8-28(35)37)29(38)32-24-18-36(19-24)25-6-3-4-7-25/h9-14,16,20,24-25H,3-8,15,17-19H2,1-2H3,(H,32,38). The lowest BCUT2D eigenvalue weighted by atomic mass is 10.0. The van der Waals surface area contributed by atoms with Crippen LogP contribution in [0.5, 0.6) is 11.5 Å². The zero-order valence-electron chi connectivity index (χ0n) is 23.3. The second-order valence-corrected chi connectivity index (χ2v) is 12.5. The van der Waals surface area contributed by atoms with E-state index in [1.54, 1.807) is 11.3 Å². The molecular weight excluding hydrogens is 522 g/mol. The molecule has 1 aromatic heterocycles. The molecule has 2 aliphatic heterocycles. The molecule has 3 fully saturated rings. The van der Waals surface area contributed by atoms with E-state index < -0.39 is 0 Å². The molecule has 9 heteroatoms. The molecule has 6 rings (SSSR count). The van der Waals surface area contributed by atoms with Gasteiger partial charge in [0.2, 0.25) is 5.91 Å². The highest BCUT2D eigenvalue weighted by molar-refractivity contribution is 7.14. The molecule has 1 saturated carbocycles. The molecule has 1 aliphatic carbocycles. The van der Waals surface area contributed by atoms with Crippen molar-refractivity contribution >= 4 is 23.2 Å². The van der Waals surface area contributed by atoms with Crippen molar-refractivity contribution < 1.29 is 14.3 Å². The zero-order chi connectivity index (χ0) is 27.6. The number of carbonyl (C=O) groups is 2. The van der Waals surface area contributed by atoms with E-state index in [1.165, 1.54) is 25.7 Å². The fourth-order valence-corrected chi connectivity index (χ4v) is 6.67. The van der Waals surface area contributed by atoms with Crippen molar-refractivity contribution in [1.29, 1.82) is 0 Å². The number of likely N-dealkylation sites (tertiary alicyclic amines) is 2. The molecular formula is C31H37N5O3S. The fourth-order valence-electron chi connectivity index (χ4n) is 5.82. The first-order valence-corrected chi connectivity index (χ1v) is 15.3. The molecule has 210 valence electrons. The van der Waals surface area contributed by atoms with Gasteiger partial charge < -0.3 is 15.0 Å². The van der Waals surface area contributed by atoms with Crippen LogP contribution in [-0.2, 0) is 11.3 Å². The summed E-state index contributed by atoms with van der Waals surface area (Å²) < 4.78 is 6.35. The van der Waals surface area contributed by atoms with Crippen molar-refractivity contribution in [2.75, 3.05) is 19.6 Å². The lowest BCUT2D eigenvalue weighted by Gasteiger charge is -2.43. The minimum absolute atomic E-state index is 0.0858. The van der Waals surface area contributed by atoms with Crippen LogP contribution < -0.4 is 10.1 Å². The Bertz CT molecular complexity index is 1360. The quantitative estimate of drug-likeness (QED) is 0.367. The molecule has 40 heavy (non-hydrogen) atoms. The fraction of sp³-hybridized carbons (Fsp3) is 0.484. The molecule has 2 aromatic carbocycles. The summed E-state index contributed by atoms with van der Waals surface area (Å²) in [4.78, 5) is 29.9. The van der Waals surface area contributed by atoms with E-state index in [4.69, 9.17) is 4.74 Å². The number of rotatable bonds is 9. The Hall–Kier alpha value is -3.30. The van der Waals surface area contributed by atoms with Crippen LogP contribution in [0.3, 0.4) is 0 Å². The molecule has 0 spiro atoms. The number of carbonyl (C=O) groups excluding carboxylic acids is 2. The lowest BCUT2D eigenvalue weighted by Crippen LogP contribution is -2.61. The number of nitrogens with one attached hydrogen (secondary N) is 1. The molecule has 2 amide bonds. The molecule has 3 aromatic rings. The second-order valence-electron chi connectivity index (χ2n) is 11.5. The van der Waals surface area contributed by atoms with Gasteiger partial charge in [0.15, 0.2) is 0 Å². The van der Waals surface area contributed by atoms with Gasteiger partial charge in [-0.25, -0.2) is 0 Å². The van der Waals surface area contributed by atoms with E-state index >= 15 is 0 Å². The highest BCUT2D eigenvalue weighted by Gasteiger charge is 2.34. The summed E-state index contributed by atoms with van der Waals surface area (Å²) in [5.74, 6) is 1.67. The summed E-state index contributed by atoms with van der Waals surface area (Å²) in [5, 5.41) is 13.7. The van der Waals surface area contributed by atoms with Gasteiger partial charge >= 0.3 is 0 Å². The van der Waals surface area contributed by atoms with Crippen molar-refractivity contribution in [2.45, 2.75) is 76.9 Å². The maximum atomic E-state index is 13.2. The summed E-state index contributed by atoms with van der Waals surface area (Å²) in [6.45, 7) is 7.29. The molecule has 0 atom stereocenters. The number of benzene rings is 2. The molecule has 0 bridgehead atoms. The number of aromatic nitrogens is 2. The predicted octanol–water partition coefficient (Wildman–Crippen LogP) is 5.60. The molecule has 3 heterocycles. The molecule has 1 N–H and O–H groups in total. The van der Waals surface area contributed by atoms with Crippen molar-refractivity contribution in [2.24, 2.45) is 0 Å². The number of hydrogen-bond acceptors (Lipinski definition) is 7. The Labute approximate surface area is 239 Å². The largest absolute Gasteiger partial charge is 0.457 e. The van der Waals surface area contributed by atoms with Gasteiger partial charge in [-0.3, -0.25) is 14.5 Å². The van der Waals surface area contributed by atoms with Crippen molar-refractivity contribution in [3.8, 4) is 22.1 Å². The van der Waals surface area contributed by atoms with Gasteiger partial charge in [-0.05, 0) is 55.7 Å². The highest BCUT2D eigenvalue weighted by Crippen LogP contribution is 2.33. The van der Waals surface area contributed by atoms with Crippen LogP contribution in [-0.4, -0.2) is 63.5 Å². The van der Waals surface area contributed by atoms with E-state index in [1.807, 2.05) is 47.4 Å². The van der Waals surface area contributed by atoms with Gasteiger partial charge in [0, 0.05) is 61.2 Å². The molecule has 0 unspecified atom stereocenters. The van der Waals surface area contributed by atoms with Crippen LogP contribution >= 0.6 is 11.3 Å². The smallest absolute Gasteiger partial charge is 0.251 e. The summed E-state index contributed by atoms with van der Waals surface area (Å²) in [5.41, 5.74) is 2.44. The Morgan fingerprint density at radius 2 is 1.85 bits per heavy atom. The van der Waals surface area contributed by atoms with E-state index in [0.29, 0.717) is 42.0 Å². The summed E-state index contributed by atoms with van der Waals surface area (Å²) in [6.07, 6.45) is 6.66. The minimum Gasteiger partial charge on any atom is -0.457 e. The third kappa shape index (κ3) is 5.90. The average molecular weight is 560 g/mol. The molecule has 2 saturated heterocycles. The molecule has 3 aliphatic rings. The van der Waals surface area contributed by atoms with Gasteiger partial charge in [-0.2, -0.15) is 0 Å². The zero-order valence-corrected chi connectivity index (χ0v) is 24.1. The summed E-state index contributed by atoms with van der Waals surface area (Å²) in [7, 11) is 0.